The molecule has 0 bridgehead atoms. The number of thiazole rings is 1. The van der Waals surface area contributed by atoms with Crippen molar-refractivity contribution in [3.63, 3.8) is 0 Å². The number of aromatic nitrogens is 1. The molecule has 0 aliphatic rings. The van der Waals surface area contributed by atoms with Crippen molar-refractivity contribution in [3.8, 4) is 0 Å². The molecular formula is C10H13NS2Sn. The van der Waals surface area contributed by atoms with Crippen LogP contribution in [0.1, 0.15) is 0 Å². The molecule has 74 valence electrons. The van der Waals surface area contributed by atoms with Crippen molar-refractivity contribution in [2.45, 2.75) is 19.2 Å². The van der Waals surface area contributed by atoms with E-state index in [4.69, 9.17) is 0 Å². The van der Waals surface area contributed by atoms with Gasteiger partial charge in [-0.1, -0.05) is 0 Å². The first-order chi connectivity index (χ1) is 6.54. The summed E-state index contributed by atoms with van der Waals surface area (Å²) in [6.07, 6.45) is 0. The first-order valence-corrected chi connectivity index (χ1v) is 18.3. The van der Waals surface area contributed by atoms with Gasteiger partial charge in [-0.15, -0.1) is 0 Å². The zero-order valence-electron chi connectivity index (χ0n) is 8.57. The maximum absolute atomic E-state index is 4.63. The molecule has 0 spiro atoms. The molecule has 0 saturated heterocycles. The topological polar surface area (TPSA) is 12.9 Å². The van der Waals surface area contributed by atoms with E-state index in [2.05, 4.69) is 44.1 Å². The summed E-state index contributed by atoms with van der Waals surface area (Å²) >= 11 is 0.0459. The van der Waals surface area contributed by atoms with E-state index in [1.54, 1.807) is 0 Å². The minimum atomic E-state index is -1.78. The Morgan fingerprint density at radius 1 is 1.21 bits per heavy atom. The summed E-state index contributed by atoms with van der Waals surface area (Å²) in [5, 5.41) is 0. The third-order valence-electron chi connectivity index (χ3n) is 1.67. The number of rotatable bonds is 2. The molecule has 2 rings (SSSR count). The second-order valence-corrected chi connectivity index (χ2v) is 28.1. The van der Waals surface area contributed by atoms with Gasteiger partial charge in [-0.2, -0.15) is 0 Å². The van der Waals surface area contributed by atoms with Crippen LogP contribution >= 0.6 is 20.3 Å². The molecule has 0 aliphatic carbocycles. The number of hydrogen-bond acceptors (Lipinski definition) is 3. The minimum absolute atomic E-state index is 1.15. The SMILES string of the molecule is [CH3][Sn]([CH3])([CH3])[S]c1nc2ccccc2s1. The Morgan fingerprint density at radius 3 is 2.57 bits per heavy atom. The van der Waals surface area contributed by atoms with Crippen LogP contribution < -0.4 is 0 Å². The van der Waals surface area contributed by atoms with Gasteiger partial charge in [-0.3, -0.25) is 0 Å². The summed E-state index contributed by atoms with van der Waals surface area (Å²) in [6.45, 7) is 0. The van der Waals surface area contributed by atoms with Gasteiger partial charge in [0.1, 0.15) is 0 Å². The Morgan fingerprint density at radius 2 is 1.93 bits per heavy atom. The molecule has 0 N–H and O–H groups in total. The molecule has 0 saturated carbocycles. The van der Waals surface area contributed by atoms with Gasteiger partial charge in [-0.25, -0.2) is 0 Å². The van der Waals surface area contributed by atoms with Crippen LogP contribution in [0.25, 0.3) is 10.2 Å². The molecule has 0 fully saturated rings. The quantitative estimate of drug-likeness (QED) is 0.765. The molecule has 0 atom stereocenters. The monoisotopic (exact) mass is 331 g/mol. The van der Waals surface area contributed by atoms with E-state index in [0.717, 1.165) is 5.52 Å². The summed E-state index contributed by atoms with van der Waals surface area (Å²) in [4.78, 5) is 11.9. The number of nitrogens with zero attached hydrogens (tertiary/aromatic N) is 1. The predicted molar refractivity (Wildman–Crippen MR) is 68.8 cm³/mol. The molecular weight excluding hydrogens is 317 g/mol. The van der Waals surface area contributed by atoms with Crippen LogP contribution in [-0.2, 0) is 0 Å². The Balaban J connectivity index is 2.36. The van der Waals surface area contributed by atoms with Gasteiger partial charge in [0.15, 0.2) is 0 Å². The zero-order chi connectivity index (χ0) is 10.2. The number of benzene rings is 1. The summed E-state index contributed by atoms with van der Waals surface area (Å²) in [6, 6.07) is 8.37. The van der Waals surface area contributed by atoms with E-state index in [-0.39, 0.29) is 0 Å². The van der Waals surface area contributed by atoms with Crippen LogP contribution in [-0.4, -0.2) is 22.0 Å². The fourth-order valence-electron chi connectivity index (χ4n) is 1.16. The van der Waals surface area contributed by atoms with Crippen LogP contribution in [0.4, 0.5) is 0 Å². The molecule has 1 aromatic heterocycles. The van der Waals surface area contributed by atoms with Gasteiger partial charge in [0.05, 0.1) is 0 Å². The van der Waals surface area contributed by atoms with E-state index < -0.39 is 17.0 Å². The van der Waals surface area contributed by atoms with Crippen molar-refractivity contribution in [2.24, 2.45) is 0 Å². The third kappa shape index (κ3) is 2.64. The van der Waals surface area contributed by atoms with Gasteiger partial charge < -0.3 is 0 Å². The summed E-state index contributed by atoms with van der Waals surface area (Å²) in [5.41, 5.74) is 1.15. The molecule has 2 aromatic rings. The number of para-hydroxylation sites is 1. The first kappa shape index (κ1) is 10.8. The van der Waals surface area contributed by atoms with E-state index in [0.29, 0.717) is 0 Å². The van der Waals surface area contributed by atoms with Crippen molar-refractivity contribution in [3.05, 3.63) is 24.3 Å². The summed E-state index contributed by atoms with van der Waals surface area (Å²) in [5.74, 6) is 0. The molecule has 0 unspecified atom stereocenters. The van der Waals surface area contributed by atoms with Gasteiger partial charge >= 0.3 is 95.9 Å². The van der Waals surface area contributed by atoms with Crippen LogP contribution in [0.5, 0.6) is 0 Å². The fraction of sp³-hybridized carbons (Fsp3) is 0.300. The molecule has 0 radical (unpaired) electrons. The van der Waals surface area contributed by atoms with Gasteiger partial charge in [0.2, 0.25) is 0 Å². The second kappa shape index (κ2) is 4.02. The molecule has 1 heterocycles. The Bertz CT molecular complexity index is 412. The summed E-state index contributed by atoms with van der Waals surface area (Å²) < 4.78 is 2.57. The molecule has 14 heavy (non-hydrogen) atoms. The molecule has 1 nitrogen and oxygen atoms in total. The van der Waals surface area contributed by atoms with Gasteiger partial charge in [0.25, 0.3) is 0 Å². The molecule has 4 heteroatoms. The first-order valence-electron chi connectivity index (χ1n) is 4.59. The Hall–Kier alpha value is 0.259. The third-order valence-corrected chi connectivity index (χ3v) is 12.0. The molecule has 0 amide bonds. The molecule has 1 aromatic carbocycles. The Labute approximate surface area is 95.3 Å². The molecule has 0 aliphatic heterocycles. The fourth-order valence-corrected chi connectivity index (χ4v) is 13.9. The van der Waals surface area contributed by atoms with Crippen LogP contribution in [0.3, 0.4) is 0 Å². The van der Waals surface area contributed by atoms with E-state index in [1.807, 2.05) is 20.3 Å². The van der Waals surface area contributed by atoms with Crippen molar-refractivity contribution in [1.29, 1.82) is 0 Å². The normalized spacial score (nSPS) is 12.2. The van der Waals surface area contributed by atoms with Crippen molar-refractivity contribution in [2.75, 3.05) is 0 Å². The predicted octanol–water partition coefficient (Wildman–Crippen LogP) is 4.22. The maximum atomic E-state index is 4.63. The zero-order valence-corrected chi connectivity index (χ0v) is 13.1. The van der Waals surface area contributed by atoms with Gasteiger partial charge in [0, 0.05) is 0 Å². The van der Waals surface area contributed by atoms with Crippen molar-refractivity contribution in [1.82, 2.24) is 4.98 Å². The average Bonchev–Trinajstić information content (AvgIpc) is 2.42. The van der Waals surface area contributed by atoms with Crippen LogP contribution in [0.2, 0.25) is 14.8 Å². The van der Waals surface area contributed by atoms with Crippen molar-refractivity contribution >= 4 is 47.5 Å². The summed E-state index contributed by atoms with van der Waals surface area (Å²) in [7, 11) is 2.04. The average molecular weight is 330 g/mol. The standard InChI is InChI=1S/C7H5NS2.3CH3.Sn/c9-7-8-5-3-1-2-4-6(5)10-7;;;;/h1-4H,(H,8,9);3*1H3;/q;;;;+1/p-1. The number of fused-ring (bicyclic) bond motifs is 1. The van der Waals surface area contributed by atoms with E-state index in [1.165, 1.54) is 9.04 Å². The Kier molecular flexibility index (Phi) is 3.09. The van der Waals surface area contributed by atoms with E-state index >= 15 is 0 Å². The van der Waals surface area contributed by atoms with Gasteiger partial charge in [-0.05, 0) is 0 Å². The van der Waals surface area contributed by atoms with Crippen LogP contribution in [0.15, 0.2) is 28.6 Å². The van der Waals surface area contributed by atoms with Crippen LogP contribution in [0, 0.1) is 0 Å². The van der Waals surface area contributed by atoms with Crippen molar-refractivity contribution < 1.29 is 0 Å². The second-order valence-electron chi connectivity index (χ2n) is 4.16. The van der Waals surface area contributed by atoms with E-state index in [9.17, 15) is 0 Å². The number of hydrogen-bond donors (Lipinski definition) is 0.